The van der Waals surface area contributed by atoms with Crippen LogP contribution >= 0.6 is 0 Å². The van der Waals surface area contributed by atoms with Gasteiger partial charge in [-0.15, -0.1) is 0 Å². The highest BCUT2D eigenvalue weighted by Gasteiger charge is 2.12. The smallest absolute Gasteiger partial charge is 0.303 e. The van der Waals surface area contributed by atoms with Crippen LogP contribution in [0.2, 0.25) is 0 Å². The molecule has 2 rings (SSSR count). The first-order valence-corrected chi connectivity index (χ1v) is 10.2. The van der Waals surface area contributed by atoms with Gasteiger partial charge in [-0.1, -0.05) is 6.42 Å². The molecule has 2 aromatic rings. The fourth-order valence-electron chi connectivity index (χ4n) is 3.01. The maximum Gasteiger partial charge on any atom is 0.303 e. The fraction of sp³-hybridized carbons (Fsp3) is 0.409. The van der Waals surface area contributed by atoms with E-state index < -0.39 is 15.8 Å². The molecule has 10 nitrogen and oxygen atoms in total. The number of rotatable bonds is 15. The number of nitro benzene ring substituents is 2. The van der Waals surface area contributed by atoms with Crippen LogP contribution in [0.1, 0.15) is 43.2 Å². The monoisotopic (exact) mass is 446 g/mol. The first-order valence-electron chi connectivity index (χ1n) is 10.2. The van der Waals surface area contributed by atoms with Crippen molar-refractivity contribution < 1.29 is 29.2 Å². The van der Waals surface area contributed by atoms with Crippen LogP contribution < -0.4 is 0 Å². The highest BCUT2D eigenvalue weighted by atomic mass is 16.6. The van der Waals surface area contributed by atoms with E-state index in [1.54, 1.807) is 24.3 Å². The molecule has 0 aromatic heterocycles. The van der Waals surface area contributed by atoms with Gasteiger partial charge < -0.3 is 14.6 Å². The van der Waals surface area contributed by atoms with Gasteiger partial charge in [-0.2, -0.15) is 0 Å². The van der Waals surface area contributed by atoms with Crippen molar-refractivity contribution in [3.63, 3.8) is 0 Å². The normalized spacial score (nSPS) is 11.8. The minimum Gasteiger partial charge on any atom is -0.481 e. The van der Waals surface area contributed by atoms with Gasteiger partial charge in [0.2, 0.25) is 0 Å². The van der Waals surface area contributed by atoms with Crippen LogP contribution in [0.4, 0.5) is 11.4 Å². The molecule has 10 heteroatoms. The zero-order chi connectivity index (χ0) is 23.3. The first-order chi connectivity index (χ1) is 15.3. The molecule has 0 aliphatic rings. The summed E-state index contributed by atoms with van der Waals surface area (Å²) < 4.78 is 11.6. The zero-order valence-corrected chi connectivity index (χ0v) is 17.6. The topological polar surface area (TPSA) is 142 Å². The third-order valence-corrected chi connectivity index (χ3v) is 4.80. The van der Waals surface area contributed by atoms with Crippen LogP contribution in [0, 0.1) is 20.2 Å². The Hall–Kier alpha value is -3.37. The van der Waals surface area contributed by atoms with Gasteiger partial charge in [-0.25, -0.2) is 0 Å². The maximum absolute atomic E-state index is 10.8. The van der Waals surface area contributed by atoms with E-state index in [9.17, 15) is 25.0 Å². The molecule has 0 heterocycles. The number of hydrogen-bond donors (Lipinski definition) is 1. The quantitative estimate of drug-likeness (QED) is 0.237. The molecule has 0 saturated heterocycles. The maximum atomic E-state index is 10.8. The molecule has 0 spiro atoms. The number of carboxylic acid groups (broad SMARTS) is 1. The largest absolute Gasteiger partial charge is 0.481 e. The molecule has 0 bridgehead atoms. The molecule has 172 valence electrons. The minimum absolute atomic E-state index is 0.0126. The van der Waals surface area contributed by atoms with Crippen LogP contribution in [0.5, 0.6) is 0 Å². The van der Waals surface area contributed by atoms with E-state index in [4.69, 9.17) is 14.6 Å². The van der Waals surface area contributed by atoms with Crippen molar-refractivity contribution in [2.75, 3.05) is 6.61 Å². The highest BCUT2D eigenvalue weighted by molar-refractivity contribution is 5.66. The van der Waals surface area contributed by atoms with Crippen molar-refractivity contribution in [2.24, 2.45) is 0 Å². The fourth-order valence-corrected chi connectivity index (χ4v) is 3.01. The molecule has 2 aromatic carbocycles. The molecule has 0 radical (unpaired) electrons. The Morgan fingerprint density at radius 2 is 1.38 bits per heavy atom. The molecule has 0 aliphatic carbocycles. The summed E-state index contributed by atoms with van der Waals surface area (Å²) in [4.78, 5) is 31.2. The standard InChI is InChI=1S/C22H26N2O8/c25-22(26)4-2-1-3-21(32-16-18-7-11-20(12-8-18)24(29)30)13-14-31-15-17-5-9-19(10-6-17)23(27)28/h5-12,21H,1-4,13-16H2,(H,25,26). The lowest BCUT2D eigenvalue weighted by Crippen LogP contribution is -2.16. The van der Waals surface area contributed by atoms with Crippen LogP contribution in [-0.2, 0) is 27.5 Å². The Morgan fingerprint density at radius 1 is 0.844 bits per heavy atom. The van der Waals surface area contributed by atoms with E-state index >= 15 is 0 Å². The van der Waals surface area contributed by atoms with Gasteiger partial charge in [-0.05, 0) is 54.7 Å². The number of ether oxygens (including phenoxy) is 2. The van der Waals surface area contributed by atoms with Gasteiger partial charge in [0.05, 0.1) is 29.2 Å². The highest BCUT2D eigenvalue weighted by Crippen LogP contribution is 2.17. The molecular formula is C22H26N2O8. The summed E-state index contributed by atoms with van der Waals surface area (Å²) in [5, 5.41) is 30.2. The minimum atomic E-state index is -0.834. The Labute approximate surface area is 185 Å². The second kappa shape index (κ2) is 13.1. The molecule has 1 N–H and O–H groups in total. The summed E-state index contributed by atoms with van der Waals surface area (Å²) in [6.45, 7) is 0.997. The van der Waals surface area contributed by atoms with Crippen LogP contribution in [0.25, 0.3) is 0 Å². The second-order valence-corrected chi connectivity index (χ2v) is 7.26. The third kappa shape index (κ3) is 9.19. The number of benzene rings is 2. The van der Waals surface area contributed by atoms with Gasteiger partial charge in [0.1, 0.15) is 0 Å². The van der Waals surface area contributed by atoms with Gasteiger partial charge in [0, 0.05) is 37.3 Å². The van der Waals surface area contributed by atoms with Gasteiger partial charge in [0.15, 0.2) is 0 Å². The number of aliphatic carboxylic acids is 1. The average molecular weight is 446 g/mol. The van der Waals surface area contributed by atoms with Crippen LogP contribution in [0.15, 0.2) is 48.5 Å². The number of carboxylic acids is 1. The van der Waals surface area contributed by atoms with Gasteiger partial charge in [0.25, 0.3) is 11.4 Å². The SMILES string of the molecule is O=C(O)CCCCC(CCOCc1ccc([N+](=O)[O-])cc1)OCc1ccc([N+](=O)[O-])cc1. The van der Waals surface area contributed by atoms with Gasteiger partial charge in [-0.3, -0.25) is 25.0 Å². The third-order valence-electron chi connectivity index (χ3n) is 4.80. The van der Waals surface area contributed by atoms with Crippen molar-refractivity contribution in [2.45, 2.75) is 51.4 Å². The van der Waals surface area contributed by atoms with Crippen molar-refractivity contribution in [3.8, 4) is 0 Å². The Balaban J connectivity index is 1.81. The summed E-state index contributed by atoms with van der Waals surface area (Å²) in [6.07, 6.45) is 2.45. The molecule has 0 saturated carbocycles. The van der Waals surface area contributed by atoms with Crippen molar-refractivity contribution >= 4 is 17.3 Å². The van der Waals surface area contributed by atoms with E-state index in [1.165, 1.54) is 24.3 Å². The van der Waals surface area contributed by atoms with Crippen LogP contribution in [0.3, 0.4) is 0 Å². The van der Waals surface area contributed by atoms with Crippen molar-refractivity contribution in [3.05, 3.63) is 79.9 Å². The van der Waals surface area contributed by atoms with Crippen molar-refractivity contribution in [1.82, 2.24) is 0 Å². The second-order valence-electron chi connectivity index (χ2n) is 7.26. The Bertz CT molecular complexity index is 884. The van der Waals surface area contributed by atoms with E-state index in [-0.39, 0.29) is 30.5 Å². The lowest BCUT2D eigenvalue weighted by molar-refractivity contribution is -0.385. The van der Waals surface area contributed by atoms with Crippen LogP contribution in [-0.4, -0.2) is 33.6 Å². The molecule has 0 amide bonds. The zero-order valence-electron chi connectivity index (χ0n) is 17.6. The van der Waals surface area contributed by atoms with Crippen molar-refractivity contribution in [1.29, 1.82) is 0 Å². The number of nitro groups is 2. The van der Waals surface area contributed by atoms with E-state index in [0.717, 1.165) is 11.1 Å². The molecule has 0 aliphatic heterocycles. The Morgan fingerprint density at radius 3 is 1.88 bits per heavy atom. The van der Waals surface area contributed by atoms with E-state index in [2.05, 4.69) is 0 Å². The predicted octanol–water partition coefficient (Wildman–Crippen LogP) is 4.64. The summed E-state index contributed by atoms with van der Waals surface area (Å²) in [7, 11) is 0. The molecule has 1 unspecified atom stereocenters. The number of nitrogens with zero attached hydrogens (tertiary/aromatic N) is 2. The number of unbranched alkanes of at least 4 members (excludes halogenated alkanes) is 1. The summed E-state index contributed by atoms with van der Waals surface area (Å²) in [6, 6.07) is 12.3. The number of non-ortho nitro benzene ring substituents is 2. The van der Waals surface area contributed by atoms with E-state index in [0.29, 0.717) is 38.9 Å². The molecule has 32 heavy (non-hydrogen) atoms. The lowest BCUT2D eigenvalue weighted by Gasteiger charge is -2.18. The summed E-state index contributed by atoms with van der Waals surface area (Å²) >= 11 is 0. The summed E-state index contributed by atoms with van der Waals surface area (Å²) in [5.41, 5.74) is 1.66. The molecule has 1 atom stereocenters. The first kappa shape index (κ1) is 24.9. The molecule has 0 fully saturated rings. The molecular weight excluding hydrogens is 420 g/mol. The predicted molar refractivity (Wildman–Crippen MR) is 115 cm³/mol. The van der Waals surface area contributed by atoms with Gasteiger partial charge >= 0.3 is 5.97 Å². The lowest BCUT2D eigenvalue weighted by atomic mass is 10.1. The summed E-state index contributed by atoms with van der Waals surface area (Å²) in [5.74, 6) is -0.834. The number of carbonyl (C=O) groups is 1. The average Bonchev–Trinajstić information content (AvgIpc) is 2.77. The Kier molecular flexibility index (Phi) is 10.2. The number of hydrogen-bond acceptors (Lipinski definition) is 7. The van der Waals surface area contributed by atoms with E-state index in [1.807, 2.05) is 0 Å².